The Morgan fingerprint density at radius 1 is 1.22 bits per heavy atom. The first-order valence-corrected chi connectivity index (χ1v) is 7.12. The van der Waals surface area contributed by atoms with Gasteiger partial charge in [-0.1, -0.05) is 26.7 Å². The molecule has 0 amide bonds. The number of aryl methyl sites for hydroxylation is 2. The van der Waals surface area contributed by atoms with Crippen molar-refractivity contribution in [1.82, 2.24) is 15.1 Å². The second-order valence-corrected chi connectivity index (χ2v) is 5.79. The molecule has 1 heterocycles. The fourth-order valence-electron chi connectivity index (χ4n) is 2.48. The van der Waals surface area contributed by atoms with E-state index in [4.69, 9.17) is 0 Å². The van der Waals surface area contributed by atoms with Crippen LogP contribution < -0.4 is 5.32 Å². The van der Waals surface area contributed by atoms with Crippen molar-refractivity contribution in [2.24, 2.45) is 13.0 Å². The highest BCUT2D eigenvalue weighted by Gasteiger charge is 2.14. The van der Waals surface area contributed by atoms with Gasteiger partial charge in [0, 0.05) is 18.8 Å². The van der Waals surface area contributed by atoms with E-state index in [2.05, 4.69) is 45.2 Å². The summed E-state index contributed by atoms with van der Waals surface area (Å²) < 4.78 is 1.99. The number of hydrogen-bond acceptors (Lipinski definition) is 2. The van der Waals surface area contributed by atoms with Crippen LogP contribution in [-0.2, 0) is 13.5 Å². The van der Waals surface area contributed by atoms with Gasteiger partial charge in [0.15, 0.2) is 0 Å². The molecule has 0 aliphatic carbocycles. The molecule has 1 atom stereocenters. The summed E-state index contributed by atoms with van der Waals surface area (Å²) in [6, 6.07) is 0.574. The molecule has 1 unspecified atom stereocenters. The Labute approximate surface area is 112 Å². The number of hydrogen-bond donors (Lipinski definition) is 1. The minimum Gasteiger partial charge on any atom is -0.317 e. The highest BCUT2D eigenvalue weighted by Crippen LogP contribution is 2.17. The molecule has 0 aromatic carbocycles. The molecule has 0 spiro atoms. The van der Waals surface area contributed by atoms with Crippen molar-refractivity contribution in [2.45, 2.75) is 59.4 Å². The third-order valence-corrected chi connectivity index (χ3v) is 3.85. The molecule has 1 aromatic heterocycles. The van der Waals surface area contributed by atoms with Crippen LogP contribution in [0.4, 0.5) is 0 Å². The Kier molecular flexibility index (Phi) is 5.86. The molecule has 0 bridgehead atoms. The lowest BCUT2D eigenvalue weighted by molar-refractivity contribution is 0.456. The lowest BCUT2D eigenvalue weighted by atomic mass is 9.97. The van der Waals surface area contributed by atoms with Crippen LogP contribution >= 0.6 is 0 Å². The van der Waals surface area contributed by atoms with Crippen LogP contribution in [0, 0.1) is 19.8 Å². The Morgan fingerprint density at radius 3 is 2.33 bits per heavy atom. The van der Waals surface area contributed by atoms with E-state index < -0.39 is 0 Å². The van der Waals surface area contributed by atoms with Crippen molar-refractivity contribution in [3.63, 3.8) is 0 Å². The molecule has 0 fully saturated rings. The zero-order chi connectivity index (χ0) is 13.7. The van der Waals surface area contributed by atoms with Crippen LogP contribution in [-0.4, -0.2) is 22.9 Å². The summed E-state index contributed by atoms with van der Waals surface area (Å²) in [5.74, 6) is 0.810. The van der Waals surface area contributed by atoms with Gasteiger partial charge in [-0.2, -0.15) is 5.10 Å². The van der Waals surface area contributed by atoms with Gasteiger partial charge >= 0.3 is 0 Å². The molecule has 0 aliphatic heterocycles. The van der Waals surface area contributed by atoms with Gasteiger partial charge < -0.3 is 5.32 Å². The number of aromatic nitrogens is 2. The van der Waals surface area contributed by atoms with Gasteiger partial charge in [0.05, 0.1) is 5.69 Å². The molecule has 18 heavy (non-hydrogen) atoms. The summed E-state index contributed by atoms with van der Waals surface area (Å²) in [6.07, 6.45) is 4.98. The van der Waals surface area contributed by atoms with Gasteiger partial charge in [-0.3, -0.25) is 4.68 Å². The van der Waals surface area contributed by atoms with Crippen LogP contribution in [0.3, 0.4) is 0 Å². The molecule has 104 valence electrons. The van der Waals surface area contributed by atoms with Crippen molar-refractivity contribution >= 4 is 0 Å². The Morgan fingerprint density at radius 2 is 1.89 bits per heavy atom. The van der Waals surface area contributed by atoms with Crippen LogP contribution in [0.25, 0.3) is 0 Å². The second kappa shape index (κ2) is 6.93. The van der Waals surface area contributed by atoms with Gasteiger partial charge in [0.25, 0.3) is 0 Å². The molecule has 1 aromatic rings. The third-order valence-electron chi connectivity index (χ3n) is 3.85. The number of nitrogens with one attached hydrogen (secondary N) is 1. The van der Waals surface area contributed by atoms with Crippen LogP contribution in [0.1, 0.15) is 50.1 Å². The van der Waals surface area contributed by atoms with E-state index in [1.807, 2.05) is 11.7 Å². The van der Waals surface area contributed by atoms with E-state index in [1.54, 1.807) is 0 Å². The monoisotopic (exact) mass is 251 g/mol. The smallest absolute Gasteiger partial charge is 0.0628 e. The van der Waals surface area contributed by atoms with E-state index >= 15 is 0 Å². The summed E-state index contributed by atoms with van der Waals surface area (Å²) in [5, 5.41) is 7.95. The van der Waals surface area contributed by atoms with Gasteiger partial charge in [0.1, 0.15) is 0 Å². The van der Waals surface area contributed by atoms with E-state index in [-0.39, 0.29) is 0 Å². The van der Waals surface area contributed by atoms with Crippen molar-refractivity contribution < 1.29 is 0 Å². The zero-order valence-corrected chi connectivity index (χ0v) is 12.9. The standard InChI is InChI=1S/C15H29N3/c1-11(2)8-7-9-14(16-5)10-15-12(3)17-18(6)13(15)4/h11,14,16H,7-10H2,1-6H3. The predicted molar refractivity (Wildman–Crippen MR) is 77.9 cm³/mol. The van der Waals surface area contributed by atoms with E-state index in [0.717, 1.165) is 12.3 Å². The average molecular weight is 251 g/mol. The van der Waals surface area contributed by atoms with Crippen molar-refractivity contribution in [1.29, 1.82) is 0 Å². The lowest BCUT2D eigenvalue weighted by Crippen LogP contribution is -2.28. The van der Waals surface area contributed by atoms with Crippen LogP contribution in [0.2, 0.25) is 0 Å². The molecule has 0 radical (unpaired) electrons. The normalized spacial score (nSPS) is 13.3. The average Bonchev–Trinajstić information content (AvgIpc) is 2.53. The number of likely N-dealkylation sites (N-methyl/N-ethyl adjacent to an activating group) is 1. The summed E-state index contributed by atoms with van der Waals surface area (Å²) in [6.45, 7) is 8.87. The minimum atomic E-state index is 0.574. The van der Waals surface area contributed by atoms with Crippen LogP contribution in [0.5, 0.6) is 0 Å². The van der Waals surface area contributed by atoms with E-state index in [0.29, 0.717) is 6.04 Å². The third kappa shape index (κ3) is 4.13. The summed E-state index contributed by atoms with van der Waals surface area (Å²) in [4.78, 5) is 0. The van der Waals surface area contributed by atoms with Crippen LogP contribution in [0.15, 0.2) is 0 Å². The molecular formula is C15H29N3. The summed E-state index contributed by atoms with van der Waals surface area (Å²) >= 11 is 0. The maximum Gasteiger partial charge on any atom is 0.0628 e. The quantitative estimate of drug-likeness (QED) is 0.807. The SMILES string of the molecule is CNC(CCCC(C)C)Cc1c(C)nn(C)c1C. The Hall–Kier alpha value is -0.830. The number of rotatable bonds is 7. The van der Waals surface area contributed by atoms with Gasteiger partial charge in [-0.25, -0.2) is 0 Å². The maximum absolute atomic E-state index is 4.50. The van der Waals surface area contributed by atoms with Gasteiger partial charge in [0.2, 0.25) is 0 Å². The molecule has 0 saturated carbocycles. The Balaban J connectivity index is 2.57. The maximum atomic E-state index is 4.50. The van der Waals surface area contributed by atoms with E-state index in [9.17, 15) is 0 Å². The largest absolute Gasteiger partial charge is 0.317 e. The molecule has 0 aliphatic rings. The van der Waals surface area contributed by atoms with Crippen molar-refractivity contribution in [3.05, 3.63) is 17.0 Å². The zero-order valence-electron chi connectivity index (χ0n) is 12.9. The minimum absolute atomic E-state index is 0.574. The summed E-state index contributed by atoms with van der Waals surface area (Å²) in [5.41, 5.74) is 3.90. The Bertz CT molecular complexity index is 366. The highest BCUT2D eigenvalue weighted by atomic mass is 15.3. The molecule has 1 N–H and O–H groups in total. The lowest BCUT2D eigenvalue weighted by Gasteiger charge is -2.17. The van der Waals surface area contributed by atoms with Crippen molar-refractivity contribution in [2.75, 3.05) is 7.05 Å². The summed E-state index contributed by atoms with van der Waals surface area (Å²) in [7, 11) is 4.10. The molecule has 0 saturated heterocycles. The van der Waals surface area contributed by atoms with Gasteiger partial charge in [-0.05, 0) is 45.2 Å². The number of nitrogens with zero attached hydrogens (tertiary/aromatic N) is 2. The molecule has 3 heteroatoms. The predicted octanol–water partition coefficient (Wildman–Crippen LogP) is 2.99. The fraction of sp³-hybridized carbons (Fsp3) is 0.800. The van der Waals surface area contributed by atoms with Crippen molar-refractivity contribution in [3.8, 4) is 0 Å². The molecular weight excluding hydrogens is 222 g/mol. The fourth-order valence-corrected chi connectivity index (χ4v) is 2.48. The first-order valence-electron chi connectivity index (χ1n) is 7.12. The molecule has 3 nitrogen and oxygen atoms in total. The second-order valence-electron chi connectivity index (χ2n) is 5.79. The van der Waals surface area contributed by atoms with E-state index in [1.165, 1.54) is 36.2 Å². The van der Waals surface area contributed by atoms with Gasteiger partial charge in [-0.15, -0.1) is 0 Å². The first-order chi connectivity index (χ1) is 8.45. The molecule has 1 rings (SSSR count). The first kappa shape index (κ1) is 15.2. The topological polar surface area (TPSA) is 29.9 Å². The highest BCUT2D eigenvalue weighted by molar-refractivity contribution is 5.25.